The van der Waals surface area contributed by atoms with Gasteiger partial charge in [0, 0.05) is 11.5 Å². The summed E-state index contributed by atoms with van der Waals surface area (Å²) in [6.07, 6.45) is 1.82. The first-order chi connectivity index (χ1) is 5.65. The Kier molecular flexibility index (Phi) is 2.66. The highest BCUT2D eigenvalue weighted by atomic mass is 79.9. The molecule has 1 rings (SSSR count). The molecule has 0 bridgehead atoms. The molecule has 62 valence electrons. The van der Waals surface area contributed by atoms with E-state index in [-0.39, 0.29) is 5.69 Å². The fourth-order valence-electron chi connectivity index (χ4n) is 0.797. The summed E-state index contributed by atoms with van der Waals surface area (Å²) in [5.74, 6) is -0.401. The number of hydrogen-bond donors (Lipinski definition) is 0. The Morgan fingerprint density at radius 1 is 1.58 bits per heavy atom. The predicted octanol–water partition coefficient (Wildman–Crippen LogP) is 2.51. The maximum Gasteiger partial charge on any atom is 0.184 e. The molecule has 0 N–H and O–H groups in total. The van der Waals surface area contributed by atoms with Crippen molar-refractivity contribution in [2.24, 2.45) is 0 Å². The van der Waals surface area contributed by atoms with Gasteiger partial charge in [0.05, 0.1) is 5.69 Å². The van der Waals surface area contributed by atoms with E-state index in [1.165, 1.54) is 18.0 Å². The second-order valence-corrected chi connectivity index (χ2v) is 3.17. The van der Waals surface area contributed by atoms with Crippen LogP contribution in [0.15, 0.2) is 22.7 Å². The van der Waals surface area contributed by atoms with Gasteiger partial charge in [-0.2, -0.15) is 5.26 Å². The number of halogens is 2. The lowest BCUT2D eigenvalue weighted by Gasteiger charge is -2.09. The molecule has 0 heterocycles. The summed E-state index contributed by atoms with van der Waals surface area (Å²) in [6, 6.07) is 4.45. The van der Waals surface area contributed by atoms with Crippen molar-refractivity contribution < 1.29 is 4.39 Å². The second-order valence-electron chi connectivity index (χ2n) is 2.25. The fraction of sp³-hybridized carbons (Fsp3) is 0.125. The molecule has 0 unspecified atom stereocenters. The lowest BCUT2D eigenvalue weighted by molar-refractivity contribution is 0.627. The van der Waals surface area contributed by atoms with Crippen molar-refractivity contribution in [3.8, 4) is 6.19 Å². The number of nitriles is 1. The second kappa shape index (κ2) is 3.55. The highest BCUT2D eigenvalue weighted by molar-refractivity contribution is 9.10. The Hall–Kier alpha value is -1.08. The van der Waals surface area contributed by atoms with E-state index in [1.807, 2.05) is 6.19 Å². The molecule has 0 fully saturated rings. The van der Waals surface area contributed by atoms with E-state index in [4.69, 9.17) is 5.26 Å². The average Bonchev–Trinajstić information content (AvgIpc) is 2.08. The number of nitrogens with zero attached hydrogens (tertiary/aromatic N) is 2. The molecule has 0 saturated carbocycles. The Morgan fingerprint density at radius 3 is 2.83 bits per heavy atom. The largest absolute Gasteiger partial charge is 0.280 e. The van der Waals surface area contributed by atoms with E-state index < -0.39 is 5.82 Å². The molecule has 0 radical (unpaired) electrons. The number of anilines is 1. The van der Waals surface area contributed by atoms with E-state index >= 15 is 0 Å². The minimum Gasteiger partial charge on any atom is -0.280 e. The first-order valence-electron chi connectivity index (χ1n) is 3.23. The van der Waals surface area contributed by atoms with Gasteiger partial charge in [-0.05, 0) is 18.2 Å². The van der Waals surface area contributed by atoms with E-state index in [1.54, 1.807) is 12.1 Å². The standard InChI is InChI=1S/C8H6BrFN2/c1-12(5-11)8-4-6(9)2-3-7(8)10/h2-4H,1H3. The van der Waals surface area contributed by atoms with E-state index in [9.17, 15) is 4.39 Å². The third-order valence-electron chi connectivity index (χ3n) is 1.42. The molecule has 0 aromatic heterocycles. The molecule has 0 atom stereocenters. The molecule has 2 nitrogen and oxygen atoms in total. The van der Waals surface area contributed by atoms with Crippen molar-refractivity contribution in [1.82, 2.24) is 0 Å². The monoisotopic (exact) mass is 228 g/mol. The summed E-state index contributed by atoms with van der Waals surface area (Å²) in [7, 11) is 1.50. The topological polar surface area (TPSA) is 27.0 Å². The summed E-state index contributed by atoms with van der Waals surface area (Å²) >= 11 is 3.19. The molecular formula is C8H6BrFN2. The van der Waals surface area contributed by atoms with Gasteiger partial charge in [0.1, 0.15) is 5.82 Å². The third kappa shape index (κ3) is 1.74. The molecule has 0 amide bonds. The summed E-state index contributed by atoms with van der Waals surface area (Å²) in [5, 5.41) is 8.50. The lowest BCUT2D eigenvalue weighted by atomic mass is 10.3. The zero-order valence-corrected chi connectivity index (χ0v) is 7.97. The van der Waals surface area contributed by atoms with Crippen molar-refractivity contribution in [3.63, 3.8) is 0 Å². The van der Waals surface area contributed by atoms with Gasteiger partial charge in [-0.25, -0.2) is 4.39 Å². The Balaban J connectivity index is 3.15. The molecule has 1 aromatic carbocycles. The Bertz CT molecular complexity index is 332. The van der Waals surface area contributed by atoms with Crippen LogP contribution in [-0.2, 0) is 0 Å². The quantitative estimate of drug-likeness (QED) is 0.546. The number of hydrogen-bond acceptors (Lipinski definition) is 2. The fourth-order valence-corrected chi connectivity index (χ4v) is 1.15. The van der Waals surface area contributed by atoms with Crippen molar-refractivity contribution in [2.45, 2.75) is 0 Å². The molecule has 0 aliphatic heterocycles. The maximum absolute atomic E-state index is 13.0. The minimum absolute atomic E-state index is 0.270. The highest BCUT2D eigenvalue weighted by Gasteiger charge is 2.06. The van der Waals surface area contributed by atoms with Gasteiger partial charge in [-0.15, -0.1) is 0 Å². The molecule has 4 heteroatoms. The third-order valence-corrected chi connectivity index (χ3v) is 1.91. The molecule has 12 heavy (non-hydrogen) atoms. The van der Waals surface area contributed by atoms with Gasteiger partial charge < -0.3 is 0 Å². The van der Waals surface area contributed by atoms with Crippen LogP contribution in [0.3, 0.4) is 0 Å². The van der Waals surface area contributed by atoms with Crippen molar-refractivity contribution in [3.05, 3.63) is 28.5 Å². The van der Waals surface area contributed by atoms with Crippen molar-refractivity contribution in [2.75, 3.05) is 11.9 Å². The van der Waals surface area contributed by atoms with Gasteiger partial charge in [0.15, 0.2) is 6.19 Å². The predicted molar refractivity (Wildman–Crippen MR) is 48.1 cm³/mol. The van der Waals surface area contributed by atoms with Crippen molar-refractivity contribution >= 4 is 21.6 Å². The maximum atomic E-state index is 13.0. The van der Waals surface area contributed by atoms with Crippen LogP contribution in [0, 0.1) is 17.3 Å². The van der Waals surface area contributed by atoms with Crippen LogP contribution >= 0.6 is 15.9 Å². The molecule has 1 aromatic rings. The number of rotatable bonds is 1. The minimum atomic E-state index is -0.401. The van der Waals surface area contributed by atoms with Crippen LogP contribution in [0.2, 0.25) is 0 Å². The van der Waals surface area contributed by atoms with E-state index in [0.717, 1.165) is 4.47 Å². The average molecular weight is 229 g/mol. The van der Waals surface area contributed by atoms with Crippen LogP contribution in [0.1, 0.15) is 0 Å². The molecule has 0 spiro atoms. The van der Waals surface area contributed by atoms with Crippen LogP contribution in [-0.4, -0.2) is 7.05 Å². The number of benzene rings is 1. The molecule has 0 aliphatic carbocycles. The van der Waals surface area contributed by atoms with E-state index in [2.05, 4.69) is 15.9 Å². The smallest absolute Gasteiger partial charge is 0.184 e. The summed E-state index contributed by atoms with van der Waals surface area (Å²) < 4.78 is 13.7. The summed E-state index contributed by atoms with van der Waals surface area (Å²) in [6.45, 7) is 0. The van der Waals surface area contributed by atoms with Crippen LogP contribution in [0.25, 0.3) is 0 Å². The molecule has 0 saturated heterocycles. The van der Waals surface area contributed by atoms with Crippen LogP contribution < -0.4 is 4.90 Å². The van der Waals surface area contributed by atoms with Gasteiger partial charge in [0.25, 0.3) is 0 Å². The van der Waals surface area contributed by atoms with Crippen LogP contribution in [0.4, 0.5) is 10.1 Å². The summed E-state index contributed by atoms with van der Waals surface area (Å²) in [4.78, 5) is 1.17. The highest BCUT2D eigenvalue weighted by Crippen LogP contribution is 2.22. The SMILES string of the molecule is CN(C#N)c1cc(Br)ccc1F. The lowest BCUT2D eigenvalue weighted by Crippen LogP contribution is -2.09. The Labute approximate surface area is 78.3 Å². The zero-order chi connectivity index (χ0) is 9.14. The molecule has 0 aliphatic rings. The van der Waals surface area contributed by atoms with Crippen molar-refractivity contribution in [1.29, 1.82) is 5.26 Å². The van der Waals surface area contributed by atoms with E-state index in [0.29, 0.717) is 0 Å². The van der Waals surface area contributed by atoms with Gasteiger partial charge >= 0.3 is 0 Å². The van der Waals surface area contributed by atoms with Crippen LogP contribution in [0.5, 0.6) is 0 Å². The normalized spacial score (nSPS) is 9.17. The van der Waals surface area contributed by atoms with Gasteiger partial charge in [-0.1, -0.05) is 15.9 Å². The van der Waals surface area contributed by atoms with Gasteiger partial charge in [0.2, 0.25) is 0 Å². The van der Waals surface area contributed by atoms with Gasteiger partial charge in [-0.3, -0.25) is 4.90 Å². The first-order valence-corrected chi connectivity index (χ1v) is 4.03. The first kappa shape index (κ1) is 9.01. The zero-order valence-electron chi connectivity index (χ0n) is 6.38. The summed E-state index contributed by atoms with van der Waals surface area (Å²) in [5.41, 5.74) is 0.270. The molecular weight excluding hydrogens is 223 g/mol. The Morgan fingerprint density at radius 2 is 2.25 bits per heavy atom.